The van der Waals surface area contributed by atoms with Crippen molar-refractivity contribution in [3.05, 3.63) is 87.4 Å². The van der Waals surface area contributed by atoms with Crippen molar-refractivity contribution in [2.45, 2.75) is 13.0 Å². The fourth-order valence-corrected chi connectivity index (χ4v) is 2.95. The van der Waals surface area contributed by atoms with Gasteiger partial charge >= 0.3 is 5.97 Å². The first-order valence-corrected chi connectivity index (χ1v) is 8.44. The van der Waals surface area contributed by atoms with E-state index in [-0.39, 0.29) is 5.97 Å². The molecule has 0 bridgehead atoms. The van der Waals surface area contributed by atoms with Crippen molar-refractivity contribution in [3.8, 4) is 0 Å². The molecule has 0 N–H and O–H groups in total. The molecule has 1 aromatic heterocycles. The van der Waals surface area contributed by atoms with Gasteiger partial charge in [-0.2, -0.15) is 0 Å². The molecule has 1 heterocycles. The number of aromatic nitrogens is 2. The van der Waals surface area contributed by atoms with E-state index in [2.05, 4.69) is 4.98 Å². The van der Waals surface area contributed by atoms with Crippen molar-refractivity contribution in [3.63, 3.8) is 0 Å². The van der Waals surface area contributed by atoms with Crippen molar-refractivity contribution >= 4 is 29.2 Å². The van der Waals surface area contributed by atoms with Crippen LogP contribution in [-0.2, 0) is 17.7 Å². The number of ether oxygens (including phenoxy) is 1. The Morgan fingerprint density at radius 2 is 1.92 bits per heavy atom. The number of esters is 1. The summed E-state index contributed by atoms with van der Waals surface area (Å²) in [6.45, 7) is 0.648. The van der Waals surface area contributed by atoms with Crippen LogP contribution in [0.2, 0.25) is 10.0 Å². The van der Waals surface area contributed by atoms with Crippen LogP contribution in [-0.4, -0.2) is 22.6 Å². The fourth-order valence-electron chi connectivity index (χ4n) is 2.57. The Morgan fingerprint density at radius 1 is 1.16 bits per heavy atom. The average Bonchev–Trinajstić information content (AvgIpc) is 3.05. The van der Waals surface area contributed by atoms with Gasteiger partial charge in [0.25, 0.3) is 0 Å². The van der Waals surface area contributed by atoms with Gasteiger partial charge in [-0.3, -0.25) is 0 Å². The molecule has 0 fully saturated rings. The molecule has 0 unspecified atom stereocenters. The second kappa shape index (κ2) is 7.72. The zero-order valence-electron chi connectivity index (χ0n) is 13.6. The number of imidazole rings is 1. The molecule has 0 amide bonds. The van der Waals surface area contributed by atoms with E-state index >= 15 is 0 Å². The predicted octanol–water partition coefficient (Wildman–Crippen LogP) is 4.62. The number of carbonyl (C=O) groups is 1. The van der Waals surface area contributed by atoms with Crippen molar-refractivity contribution in [2.75, 3.05) is 7.11 Å². The lowest BCUT2D eigenvalue weighted by atomic mass is 10.1. The minimum absolute atomic E-state index is 0.342. The van der Waals surface area contributed by atoms with Gasteiger partial charge in [0.1, 0.15) is 5.82 Å². The van der Waals surface area contributed by atoms with E-state index in [1.807, 2.05) is 35.0 Å². The van der Waals surface area contributed by atoms with Gasteiger partial charge in [0.05, 0.1) is 22.7 Å². The van der Waals surface area contributed by atoms with Crippen LogP contribution in [0.3, 0.4) is 0 Å². The largest absolute Gasteiger partial charge is 0.465 e. The molecule has 0 spiro atoms. The highest BCUT2D eigenvalue weighted by Crippen LogP contribution is 2.27. The van der Waals surface area contributed by atoms with Crippen LogP contribution in [0.25, 0.3) is 0 Å². The number of rotatable bonds is 5. The fraction of sp³-hybridized carbons (Fsp3) is 0.158. The van der Waals surface area contributed by atoms with Crippen LogP contribution in [0.5, 0.6) is 0 Å². The molecule has 0 aliphatic heterocycles. The smallest absolute Gasteiger partial charge is 0.337 e. The normalized spacial score (nSPS) is 10.7. The molecule has 3 aromatic rings. The first kappa shape index (κ1) is 17.5. The Bertz CT molecular complexity index is 889. The molecule has 0 aliphatic rings. The third kappa shape index (κ3) is 4.03. The zero-order valence-corrected chi connectivity index (χ0v) is 15.1. The number of hydrogen-bond donors (Lipinski definition) is 0. The van der Waals surface area contributed by atoms with E-state index < -0.39 is 0 Å². The second-order valence-corrected chi connectivity index (χ2v) is 6.33. The molecule has 6 heteroatoms. The Kier molecular flexibility index (Phi) is 5.41. The van der Waals surface area contributed by atoms with Gasteiger partial charge in [-0.1, -0.05) is 47.5 Å². The first-order chi connectivity index (χ1) is 12.1. The molecule has 0 saturated carbocycles. The van der Waals surface area contributed by atoms with Crippen molar-refractivity contribution in [2.24, 2.45) is 0 Å². The minimum Gasteiger partial charge on any atom is -0.465 e. The number of halogens is 2. The topological polar surface area (TPSA) is 44.1 Å². The van der Waals surface area contributed by atoms with Gasteiger partial charge in [0.15, 0.2) is 0 Å². The number of methoxy groups -OCH3 is 1. The molecule has 0 saturated heterocycles. The Morgan fingerprint density at radius 3 is 2.64 bits per heavy atom. The maximum atomic E-state index is 11.5. The maximum absolute atomic E-state index is 11.5. The van der Waals surface area contributed by atoms with E-state index in [1.54, 1.807) is 24.4 Å². The Labute approximate surface area is 156 Å². The zero-order chi connectivity index (χ0) is 17.8. The summed E-state index contributed by atoms with van der Waals surface area (Å²) < 4.78 is 6.76. The summed E-state index contributed by atoms with van der Waals surface area (Å²) in [5.41, 5.74) is 2.52. The van der Waals surface area contributed by atoms with Gasteiger partial charge in [-0.25, -0.2) is 9.78 Å². The number of hydrogen-bond acceptors (Lipinski definition) is 3. The van der Waals surface area contributed by atoms with E-state index in [1.165, 1.54) is 7.11 Å². The molecule has 3 rings (SSSR count). The van der Waals surface area contributed by atoms with Crippen molar-refractivity contribution < 1.29 is 9.53 Å². The van der Waals surface area contributed by atoms with Gasteiger partial charge in [0.2, 0.25) is 0 Å². The molecule has 0 radical (unpaired) electrons. The summed E-state index contributed by atoms with van der Waals surface area (Å²) in [7, 11) is 1.37. The third-order valence-electron chi connectivity index (χ3n) is 3.91. The highest BCUT2D eigenvalue weighted by atomic mass is 35.5. The molecule has 0 atom stereocenters. The van der Waals surface area contributed by atoms with Crippen molar-refractivity contribution in [1.82, 2.24) is 9.55 Å². The van der Waals surface area contributed by atoms with Gasteiger partial charge in [-0.05, 0) is 29.3 Å². The quantitative estimate of drug-likeness (QED) is 0.612. The number of nitrogens with zero attached hydrogens (tertiary/aromatic N) is 2. The van der Waals surface area contributed by atoms with Crippen LogP contribution in [0.1, 0.15) is 27.3 Å². The first-order valence-electron chi connectivity index (χ1n) is 7.68. The summed E-state index contributed by atoms with van der Waals surface area (Å²) in [5, 5.41) is 1.09. The predicted molar refractivity (Wildman–Crippen MR) is 98.4 cm³/mol. The molecule has 0 aliphatic carbocycles. The van der Waals surface area contributed by atoms with Gasteiger partial charge < -0.3 is 9.30 Å². The maximum Gasteiger partial charge on any atom is 0.337 e. The van der Waals surface area contributed by atoms with Crippen molar-refractivity contribution in [1.29, 1.82) is 0 Å². The van der Waals surface area contributed by atoms with E-state index in [4.69, 9.17) is 27.9 Å². The molecule has 128 valence electrons. The van der Waals surface area contributed by atoms with E-state index in [0.717, 1.165) is 17.0 Å². The van der Waals surface area contributed by atoms with E-state index in [9.17, 15) is 4.79 Å². The average molecular weight is 375 g/mol. The number of carbonyl (C=O) groups excluding carboxylic acids is 1. The number of benzene rings is 2. The monoisotopic (exact) mass is 374 g/mol. The van der Waals surface area contributed by atoms with Gasteiger partial charge in [0, 0.05) is 25.4 Å². The molecule has 4 nitrogen and oxygen atoms in total. The Hall–Kier alpha value is -2.30. The Balaban J connectivity index is 1.78. The summed E-state index contributed by atoms with van der Waals surface area (Å²) in [4.78, 5) is 15.9. The standard InChI is InChI=1S/C19H16Cl2N2O2/c1-25-19(24)14-7-5-13(6-8-14)12-23-10-9-22-17(23)11-15-3-2-4-16(20)18(15)21/h2-10H,11-12H2,1H3. The lowest BCUT2D eigenvalue weighted by molar-refractivity contribution is 0.0600. The molecular formula is C19H16Cl2N2O2. The molecule has 25 heavy (non-hydrogen) atoms. The van der Waals surface area contributed by atoms with Crippen LogP contribution < -0.4 is 0 Å². The summed E-state index contributed by atoms with van der Waals surface area (Å²) in [6, 6.07) is 12.9. The lowest BCUT2D eigenvalue weighted by Gasteiger charge is -2.10. The van der Waals surface area contributed by atoms with E-state index in [0.29, 0.717) is 28.6 Å². The lowest BCUT2D eigenvalue weighted by Crippen LogP contribution is -2.06. The molecular weight excluding hydrogens is 359 g/mol. The summed E-state index contributed by atoms with van der Waals surface area (Å²) in [5.74, 6) is 0.548. The summed E-state index contributed by atoms with van der Waals surface area (Å²) in [6.07, 6.45) is 4.27. The van der Waals surface area contributed by atoms with Crippen LogP contribution in [0, 0.1) is 0 Å². The van der Waals surface area contributed by atoms with Crippen LogP contribution in [0.15, 0.2) is 54.9 Å². The minimum atomic E-state index is -0.342. The summed E-state index contributed by atoms with van der Waals surface area (Å²) >= 11 is 12.3. The second-order valence-electron chi connectivity index (χ2n) is 5.55. The SMILES string of the molecule is COC(=O)c1ccc(Cn2ccnc2Cc2cccc(Cl)c2Cl)cc1. The van der Waals surface area contributed by atoms with Crippen LogP contribution in [0.4, 0.5) is 0 Å². The van der Waals surface area contributed by atoms with Crippen LogP contribution >= 0.6 is 23.2 Å². The van der Waals surface area contributed by atoms with Gasteiger partial charge in [-0.15, -0.1) is 0 Å². The highest BCUT2D eigenvalue weighted by molar-refractivity contribution is 6.42. The molecule has 2 aromatic carbocycles. The third-order valence-corrected chi connectivity index (χ3v) is 4.77. The highest BCUT2D eigenvalue weighted by Gasteiger charge is 2.10.